The zero-order valence-electron chi connectivity index (χ0n) is 15.6. The van der Waals surface area contributed by atoms with Crippen LogP contribution in [0.15, 0.2) is 58.2 Å². The second-order valence-corrected chi connectivity index (χ2v) is 8.81. The third-order valence-corrected chi connectivity index (χ3v) is 6.93. The van der Waals surface area contributed by atoms with Gasteiger partial charge in [-0.15, -0.1) is 0 Å². The molecule has 0 unspecified atom stereocenters. The number of carbonyl (C=O) groups excluding carboxylic acids is 1. The van der Waals surface area contributed by atoms with Crippen molar-refractivity contribution in [2.75, 3.05) is 26.2 Å². The predicted molar refractivity (Wildman–Crippen MR) is 106 cm³/mol. The van der Waals surface area contributed by atoms with Crippen LogP contribution in [0.5, 0.6) is 0 Å². The highest BCUT2D eigenvalue weighted by atomic mass is 32.2. The standard InChI is InChI=1S/C20H17F2N3O4S/c21-16-6-5-14(12-17(16)22)30(28,29)25-9-7-24(8-10-25)20(27)18-11-13-3-1-2-4-15(13)19(26)23-18/h1-6,11-12H,7-10H2,(H,23,26). The number of piperazine rings is 1. The van der Waals surface area contributed by atoms with Gasteiger partial charge in [0, 0.05) is 31.6 Å². The van der Waals surface area contributed by atoms with Gasteiger partial charge in [-0.25, -0.2) is 17.2 Å². The summed E-state index contributed by atoms with van der Waals surface area (Å²) in [6, 6.07) is 10.9. The number of benzene rings is 2. The van der Waals surface area contributed by atoms with E-state index in [4.69, 9.17) is 0 Å². The number of hydrogen-bond donors (Lipinski definition) is 1. The number of aromatic nitrogens is 1. The molecule has 0 atom stereocenters. The summed E-state index contributed by atoms with van der Waals surface area (Å²) in [5.41, 5.74) is -0.258. The van der Waals surface area contributed by atoms with E-state index in [1.165, 1.54) is 4.90 Å². The number of nitrogens with one attached hydrogen (secondary N) is 1. The van der Waals surface area contributed by atoms with Crippen LogP contribution in [-0.4, -0.2) is 54.7 Å². The molecule has 1 saturated heterocycles. The SMILES string of the molecule is O=C(c1cc2ccccc2c(=O)[nH]1)N1CCN(S(=O)(=O)c2ccc(F)c(F)c2)CC1. The summed E-state index contributed by atoms with van der Waals surface area (Å²) < 4.78 is 53.0. The Labute approximate surface area is 170 Å². The number of fused-ring (bicyclic) bond motifs is 1. The van der Waals surface area contributed by atoms with Crippen LogP contribution in [-0.2, 0) is 10.0 Å². The largest absolute Gasteiger partial charge is 0.335 e. The second-order valence-electron chi connectivity index (χ2n) is 6.87. The lowest BCUT2D eigenvalue weighted by Gasteiger charge is -2.34. The Bertz CT molecular complexity index is 1300. The molecule has 3 aromatic rings. The molecule has 1 aliphatic rings. The maximum atomic E-state index is 13.4. The zero-order valence-corrected chi connectivity index (χ0v) is 16.5. The molecule has 156 valence electrons. The predicted octanol–water partition coefficient (Wildman–Crippen LogP) is 1.95. The number of hydrogen-bond acceptors (Lipinski definition) is 4. The fourth-order valence-corrected chi connectivity index (χ4v) is 4.85. The van der Waals surface area contributed by atoms with E-state index in [2.05, 4.69) is 4.98 Å². The van der Waals surface area contributed by atoms with Crippen LogP contribution >= 0.6 is 0 Å². The van der Waals surface area contributed by atoms with Crippen LogP contribution in [0.25, 0.3) is 10.8 Å². The summed E-state index contributed by atoms with van der Waals surface area (Å²) in [6.07, 6.45) is 0. The number of carbonyl (C=O) groups is 1. The van der Waals surface area contributed by atoms with Gasteiger partial charge in [-0.1, -0.05) is 18.2 Å². The molecule has 0 spiro atoms. The Morgan fingerprint density at radius 1 is 0.933 bits per heavy atom. The molecule has 1 N–H and O–H groups in total. The lowest BCUT2D eigenvalue weighted by molar-refractivity contribution is 0.0692. The van der Waals surface area contributed by atoms with Gasteiger partial charge in [-0.3, -0.25) is 9.59 Å². The molecule has 4 rings (SSSR count). The van der Waals surface area contributed by atoms with Crippen LogP contribution in [0.3, 0.4) is 0 Å². The third kappa shape index (κ3) is 3.59. The normalized spacial score (nSPS) is 15.5. The van der Waals surface area contributed by atoms with Gasteiger partial charge in [0.2, 0.25) is 10.0 Å². The molecular formula is C20H17F2N3O4S. The molecule has 10 heteroatoms. The number of halogens is 2. The number of rotatable bonds is 3. The Balaban J connectivity index is 1.51. The minimum absolute atomic E-state index is 0.00905. The van der Waals surface area contributed by atoms with Gasteiger partial charge in [0.05, 0.1) is 4.90 Å². The maximum absolute atomic E-state index is 13.4. The van der Waals surface area contributed by atoms with Gasteiger partial charge in [-0.2, -0.15) is 4.31 Å². The van der Waals surface area contributed by atoms with Crippen molar-refractivity contribution in [3.8, 4) is 0 Å². The molecular weight excluding hydrogens is 416 g/mol. The summed E-state index contributed by atoms with van der Waals surface area (Å²) >= 11 is 0. The molecule has 1 fully saturated rings. The number of amides is 1. The highest BCUT2D eigenvalue weighted by Gasteiger charge is 2.31. The molecule has 0 saturated carbocycles. The summed E-state index contributed by atoms with van der Waals surface area (Å²) in [4.78, 5) is 28.7. The summed E-state index contributed by atoms with van der Waals surface area (Å²) in [5, 5.41) is 1.10. The molecule has 0 aliphatic carbocycles. The van der Waals surface area contributed by atoms with Crippen LogP contribution < -0.4 is 5.56 Å². The number of aromatic amines is 1. The molecule has 0 radical (unpaired) electrons. The summed E-state index contributed by atoms with van der Waals surface area (Å²) in [7, 11) is -4.02. The number of pyridine rings is 1. The van der Waals surface area contributed by atoms with Crippen molar-refractivity contribution in [1.29, 1.82) is 0 Å². The molecule has 30 heavy (non-hydrogen) atoms. The van der Waals surface area contributed by atoms with E-state index in [0.717, 1.165) is 16.4 Å². The van der Waals surface area contributed by atoms with Gasteiger partial charge in [-0.05, 0) is 35.7 Å². The van der Waals surface area contributed by atoms with Gasteiger partial charge in [0.25, 0.3) is 11.5 Å². The van der Waals surface area contributed by atoms with E-state index >= 15 is 0 Å². The average Bonchev–Trinajstić information content (AvgIpc) is 2.75. The number of sulfonamides is 1. The van der Waals surface area contributed by atoms with E-state index in [1.807, 2.05) is 0 Å². The molecule has 1 aliphatic heterocycles. The smallest absolute Gasteiger partial charge is 0.270 e. The number of H-pyrrole nitrogens is 1. The first-order valence-electron chi connectivity index (χ1n) is 9.14. The van der Waals surface area contributed by atoms with Crippen molar-refractivity contribution < 1.29 is 22.0 Å². The third-order valence-electron chi connectivity index (χ3n) is 5.04. The summed E-state index contributed by atoms with van der Waals surface area (Å²) in [6.45, 7) is 0.170. The van der Waals surface area contributed by atoms with E-state index in [0.29, 0.717) is 16.8 Å². The van der Waals surface area contributed by atoms with E-state index in [9.17, 15) is 26.8 Å². The molecule has 7 nitrogen and oxygen atoms in total. The first kappa shape index (κ1) is 20.2. The minimum atomic E-state index is -4.02. The van der Waals surface area contributed by atoms with Gasteiger partial charge in [0.15, 0.2) is 11.6 Å². The van der Waals surface area contributed by atoms with E-state index in [-0.39, 0.29) is 42.3 Å². The van der Waals surface area contributed by atoms with Gasteiger partial charge < -0.3 is 9.88 Å². The zero-order chi connectivity index (χ0) is 21.5. The van der Waals surface area contributed by atoms with Crippen molar-refractivity contribution in [3.63, 3.8) is 0 Å². The monoisotopic (exact) mass is 433 g/mol. The number of nitrogens with zero attached hydrogens (tertiary/aromatic N) is 2. The van der Waals surface area contributed by atoms with Crippen molar-refractivity contribution in [3.05, 3.63) is 76.2 Å². The lowest BCUT2D eigenvalue weighted by Crippen LogP contribution is -2.50. The average molecular weight is 433 g/mol. The highest BCUT2D eigenvalue weighted by molar-refractivity contribution is 7.89. The fourth-order valence-electron chi connectivity index (χ4n) is 3.41. The topological polar surface area (TPSA) is 90.6 Å². The summed E-state index contributed by atoms with van der Waals surface area (Å²) in [5.74, 6) is -2.79. The first-order valence-corrected chi connectivity index (χ1v) is 10.6. The fraction of sp³-hybridized carbons (Fsp3) is 0.200. The van der Waals surface area contributed by atoms with Gasteiger partial charge in [0.1, 0.15) is 5.69 Å². The van der Waals surface area contributed by atoms with E-state index < -0.39 is 27.6 Å². The van der Waals surface area contributed by atoms with Gasteiger partial charge >= 0.3 is 0 Å². The van der Waals surface area contributed by atoms with Crippen molar-refractivity contribution in [1.82, 2.24) is 14.2 Å². The quantitative estimate of drug-likeness (QED) is 0.684. The Kier molecular flexibility index (Phi) is 5.12. The Hall–Kier alpha value is -3.11. The molecule has 1 amide bonds. The van der Waals surface area contributed by atoms with Crippen LogP contribution in [0.4, 0.5) is 8.78 Å². The Morgan fingerprint density at radius 3 is 2.33 bits per heavy atom. The van der Waals surface area contributed by atoms with Crippen molar-refractivity contribution >= 4 is 26.7 Å². The first-order chi connectivity index (χ1) is 14.3. The van der Waals surface area contributed by atoms with Crippen LogP contribution in [0.1, 0.15) is 10.5 Å². The van der Waals surface area contributed by atoms with Crippen LogP contribution in [0.2, 0.25) is 0 Å². The van der Waals surface area contributed by atoms with E-state index in [1.54, 1.807) is 30.3 Å². The van der Waals surface area contributed by atoms with Crippen LogP contribution in [0, 0.1) is 11.6 Å². The maximum Gasteiger partial charge on any atom is 0.270 e. The lowest BCUT2D eigenvalue weighted by atomic mass is 10.1. The Morgan fingerprint density at radius 2 is 1.63 bits per heavy atom. The van der Waals surface area contributed by atoms with Crippen molar-refractivity contribution in [2.24, 2.45) is 0 Å². The highest BCUT2D eigenvalue weighted by Crippen LogP contribution is 2.20. The minimum Gasteiger partial charge on any atom is -0.335 e. The van der Waals surface area contributed by atoms with Crippen molar-refractivity contribution in [2.45, 2.75) is 4.90 Å². The molecule has 0 bridgehead atoms. The second kappa shape index (κ2) is 7.62. The molecule has 2 heterocycles. The molecule has 1 aromatic heterocycles. The molecule has 2 aromatic carbocycles.